The first kappa shape index (κ1) is 9.34. The lowest BCUT2D eigenvalue weighted by Crippen LogP contribution is -1.87. The molecule has 1 aromatic heterocycles. The van der Waals surface area contributed by atoms with Crippen molar-refractivity contribution < 1.29 is 4.42 Å². The smallest absolute Gasteiger partial charge is 0.293 e. The van der Waals surface area contributed by atoms with Gasteiger partial charge in [-0.25, -0.2) is 0 Å². The first-order chi connectivity index (χ1) is 6.58. The number of rotatable bonds is 1. The van der Waals surface area contributed by atoms with Crippen LogP contribution in [0.1, 0.15) is 25.3 Å². The minimum Gasteiger partial charge on any atom is -0.422 e. The minimum atomic E-state index is 0.155. The fraction of sp³-hybridized carbons (Fsp3) is 0.300. The number of hydrogen-bond acceptors (Lipinski definition) is 3. The van der Waals surface area contributed by atoms with E-state index >= 15 is 0 Å². The predicted octanol–water partition coefficient (Wildman–Crippen LogP) is 3.19. The maximum atomic E-state index is 6.03. The molecule has 3 nitrogen and oxygen atoms in total. The number of benzene rings is 1. The fourth-order valence-corrected chi connectivity index (χ4v) is 1.62. The van der Waals surface area contributed by atoms with Gasteiger partial charge in [0.05, 0.1) is 5.02 Å². The second kappa shape index (κ2) is 3.17. The third kappa shape index (κ3) is 1.44. The number of fused-ring (bicyclic) bond motifs is 1. The third-order valence-electron chi connectivity index (χ3n) is 2.15. The fourth-order valence-electron chi connectivity index (χ4n) is 1.36. The Hall–Kier alpha value is -1.22. The average Bonchev–Trinajstić information content (AvgIpc) is 2.45. The summed E-state index contributed by atoms with van der Waals surface area (Å²) in [5.41, 5.74) is 7.87. The summed E-state index contributed by atoms with van der Waals surface area (Å²) < 4.78 is 5.17. The summed E-state index contributed by atoms with van der Waals surface area (Å²) in [6, 6.07) is 3.99. The van der Waals surface area contributed by atoms with Crippen molar-refractivity contribution in [2.24, 2.45) is 0 Å². The average molecular weight is 211 g/mol. The standard InChI is InChI=1S/C10H11ClN2O/c1-5(2)6-3-7(11)9-8(4-6)13-10(12)14-9/h3-5H,1-2H3,(H2,12,13). The van der Waals surface area contributed by atoms with Gasteiger partial charge < -0.3 is 10.2 Å². The Bertz CT molecular complexity index is 476. The van der Waals surface area contributed by atoms with E-state index in [1.54, 1.807) is 0 Å². The van der Waals surface area contributed by atoms with Gasteiger partial charge in [-0.1, -0.05) is 25.4 Å². The highest BCUT2D eigenvalue weighted by atomic mass is 35.5. The zero-order valence-corrected chi connectivity index (χ0v) is 8.80. The number of nitrogens with two attached hydrogens (primary N) is 1. The summed E-state index contributed by atoms with van der Waals surface area (Å²) in [6.07, 6.45) is 0. The van der Waals surface area contributed by atoms with Crippen molar-refractivity contribution in [1.29, 1.82) is 0 Å². The van der Waals surface area contributed by atoms with Gasteiger partial charge in [0, 0.05) is 0 Å². The minimum absolute atomic E-state index is 0.155. The van der Waals surface area contributed by atoms with E-state index in [0.29, 0.717) is 16.5 Å². The molecule has 2 rings (SSSR count). The number of hydrogen-bond donors (Lipinski definition) is 1. The van der Waals surface area contributed by atoms with Crippen LogP contribution in [0, 0.1) is 0 Å². The Balaban J connectivity index is 2.71. The van der Waals surface area contributed by atoms with Gasteiger partial charge in [-0.15, -0.1) is 0 Å². The van der Waals surface area contributed by atoms with E-state index in [-0.39, 0.29) is 6.01 Å². The first-order valence-electron chi connectivity index (χ1n) is 4.43. The van der Waals surface area contributed by atoms with E-state index in [1.165, 1.54) is 0 Å². The van der Waals surface area contributed by atoms with Crippen molar-refractivity contribution in [3.63, 3.8) is 0 Å². The van der Waals surface area contributed by atoms with Crippen LogP contribution in [0.2, 0.25) is 5.02 Å². The van der Waals surface area contributed by atoms with Crippen LogP contribution < -0.4 is 5.73 Å². The van der Waals surface area contributed by atoms with Crippen LogP contribution in [0.3, 0.4) is 0 Å². The number of nitrogens with zero attached hydrogens (tertiary/aromatic N) is 1. The van der Waals surface area contributed by atoms with E-state index in [4.69, 9.17) is 21.8 Å². The van der Waals surface area contributed by atoms with Gasteiger partial charge in [-0.2, -0.15) is 4.98 Å². The number of aromatic nitrogens is 1. The molecule has 0 radical (unpaired) electrons. The summed E-state index contributed by atoms with van der Waals surface area (Å²) in [4.78, 5) is 4.04. The molecular formula is C10H11ClN2O. The Morgan fingerprint density at radius 2 is 2.14 bits per heavy atom. The summed E-state index contributed by atoms with van der Waals surface area (Å²) >= 11 is 6.03. The van der Waals surface area contributed by atoms with Crippen molar-refractivity contribution in [2.75, 3.05) is 5.73 Å². The highest BCUT2D eigenvalue weighted by molar-refractivity contribution is 6.34. The molecule has 2 aromatic rings. The molecule has 0 saturated heterocycles. The number of nitrogen functional groups attached to an aromatic ring is 1. The van der Waals surface area contributed by atoms with Crippen LogP contribution in [-0.4, -0.2) is 4.98 Å². The van der Waals surface area contributed by atoms with Crippen molar-refractivity contribution in [2.45, 2.75) is 19.8 Å². The van der Waals surface area contributed by atoms with Crippen LogP contribution >= 0.6 is 11.6 Å². The summed E-state index contributed by atoms with van der Waals surface area (Å²) in [5.74, 6) is 0.412. The molecule has 0 spiro atoms. The molecule has 0 unspecified atom stereocenters. The first-order valence-corrected chi connectivity index (χ1v) is 4.81. The van der Waals surface area contributed by atoms with Gasteiger partial charge in [0.25, 0.3) is 6.01 Å². The van der Waals surface area contributed by atoms with Crippen LogP contribution in [0.15, 0.2) is 16.5 Å². The van der Waals surface area contributed by atoms with Crippen LogP contribution in [0.5, 0.6) is 0 Å². The lowest BCUT2D eigenvalue weighted by atomic mass is 10.0. The van der Waals surface area contributed by atoms with Crippen molar-refractivity contribution in [3.05, 3.63) is 22.7 Å². The molecule has 2 N–H and O–H groups in total. The van der Waals surface area contributed by atoms with Crippen molar-refractivity contribution in [3.8, 4) is 0 Å². The zero-order valence-electron chi connectivity index (χ0n) is 8.04. The van der Waals surface area contributed by atoms with Crippen molar-refractivity contribution >= 4 is 28.7 Å². The Labute approximate surface area is 86.9 Å². The Morgan fingerprint density at radius 1 is 1.43 bits per heavy atom. The molecule has 1 heterocycles. The monoisotopic (exact) mass is 210 g/mol. The molecular weight excluding hydrogens is 200 g/mol. The number of halogens is 1. The molecule has 0 bridgehead atoms. The lowest BCUT2D eigenvalue weighted by Gasteiger charge is -2.04. The van der Waals surface area contributed by atoms with Gasteiger partial charge in [0.15, 0.2) is 5.58 Å². The van der Waals surface area contributed by atoms with E-state index < -0.39 is 0 Å². The van der Waals surface area contributed by atoms with Gasteiger partial charge in [-0.3, -0.25) is 0 Å². The normalized spacial score (nSPS) is 11.4. The molecule has 0 saturated carbocycles. The van der Waals surface area contributed by atoms with Gasteiger partial charge in [0.1, 0.15) is 5.52 Å². The van der Waals surface area contributed by atoms with Crippen LogP contribution in [-0.2, 0) is 0 Å². The third-order valence-corrected chi connectivity index (χ3v) is 2.43. The quantitative estimate of drug-likeness (QED) is 0.787. The van der Waals surface area contributed by atoms with Gasteiger partial charge in [0.2, 0.25) is 0 Å². The van der Waals surface area contributed by atoms with E-state index in [2.05, 4.69) is 18.8 Å². The molecule has 0 atom stereocenters. The van der Waals surface area contributed by atoms with Crippen molar-refractivity contribution in [1.82, 2.24) is 4.98 Å². The maximum absolute atomic E-state index is 6.03. The molecule has 1 aromatic carbocycles. The topological polar surface area (TPSA) is 52.0 Å². The largest absolute Gasteiger partial charge is 0.422 e. The molecule has 0 amide bonds. The summed E-state index contributed by atoms with van der Waals surface area (Å²) in [7, 11) is 0. The van der Waals surface area contributed by atoms with Crippen LogP contribution in [0.25, 0.3) is 11.1 Å². The lowest BCUT2D eigenvalue weighted by molar-refractivity contribution is 0.626. The molecule has 0 aliphatic heterocycles. The van der Waals surface area contributed by atoms with E-state index in [9.17, 15) is 0 Å². The highest BCUT2D eigenvalue weighted by Crippen LogP contribution is 2.29. The van der Waals surface area contributed by atoms with E-state index in [1.807, 2.05) is 12.1 Å². The molecule has 74 valence electrons. The molecule has 0 aliphatic rings. The van der Waals surface area contributed by atoms with Gasteiger partial charge >= 0.3 is 0 Å². The molecule has 14 heavy (non-hydrogen) atoms. The molecule has 4 heteroatoms. The summed E-state index contributed by atoms with van der Waals surface area (Å²) in [5, 5.41) is 0.565. The molecule has 0 fully saturated rings. The SMILES string of the molecule is CC(C)c1cc(Cl)c2oc(N)nc2c1. The maximum Gasteiger partial charge on any atom is 0.293 e. The highest BCUT2D eigenvalue weighted by Gasteiger charge is 2.10. The van der Waals surface area contributed by atoms with E-state index in [0.717, 1.165) is 11.1 Å². The Morgan fingerprint density at radius 3 is 2.79 bits per heavy atom. The van der Waals surface area contributed by atoms with Gasteiger partial charge in [-0.05, 0) is 23.6 Å². The second-order valence-corrected chi connectivity index (χ2v) is 3.96. The summed E-state index contributed by atoms with van der Waals surface area (Å²) in [6.45, 7) is 4.20. The molecule has 0 aliphatic carbocycles. The number of anilines is 1. The second-order valence-electron chi connectivity index (χ2n) is 3.56. The van der Waals surface area contributed by atoms with Crippen LogP contribution in [0.4, 0.5) is 6.01 Å². The zero-order chi connectivity index (χ0) is 10.3. The Kier molecular flexibility index (Phi) is 2.11. The predicted molar refractivity (Wildman–Crippen MR) is 57.5 cm³/mol. The number of oxazole rings is 1.